The van der Waals surface area contributed by atoms with E-state index in [-0.39, 0.29) is 6.09 Å². The first-order valence-electron chi connectivity index (χ1n) is 3.68. The van der Waals surface area contributed by atoms with Gasteiger partial charge < -0.3 is 10.1 Å². The number of hydrogen-bond donors (Lipinski definition) is 1. The van der Waals surface area contributed by atoms with Crippen LogP contribution in [0.5, 0.6) is 0 Å². The molecule has 0 saturated carbocycles. The van der Waals surface area contributed by atoms with Crippen molar-refractivity contribution in [1.29, 1.82) is 0 Å². The van der Waals surface area contributed by atoms with Crippen molar-refractivity contribution in [1.82, 2.24) is 5.32 Å². The molecule has 0 aliphatic rings. The van der Waals surface area contributed by atoms with E-state index < -0.39 is 5.60 Å². The molecule has 0 spiro atoms. The molecule has 0 saturated heterocycles. The first-order chi connectivity index (χ1) is 5.45. The topological polar surface area (TPSA) is 38.3 Å². The van der Waals surface area contributed by atoms with Crippen LogP contribution in [0.25, 0.3) is 0 Å². The molecule has 0 bridgehead atoms. The molecule has 0 aliphatic heterocycles. The molecular formula is C8H14INO2. The molecule has 0 aliphatic carbocycles. The zero-order valence-corrected chi connectivity index (χ0v) is 9.71. The van der Waals surface area contributed by atoms with Crippen molar-refractivity contribution in [2.24, 2.45) is 0 Å². The largest absolute Gasteiger partial charge is 0.444 e. The molecule has 1 amide bonds. The van der Waals surface area contributed by atoms with E-state index >= 15 is 0 Å². The first kappa shape index (κ1) is 11.7. The number of halogens is 1. The molecule has 0 aromatic rings. The molecule has 12 heavy (non-hydrogen) atoms. The zero-order chi connectivity index (χ0) is 9.61. The Labute approximate surface area is 86.7 Å². The van der Waals surface area contributed by atoms with Gasteiger partial charge in [0.1, 0.15) is 5.60 Å². The molecule has 70 valence electrons. The first-order valence-corrected chi connectivity index (χ1v) is 4.92. The van der Waals surface area contributed by atoms with Crippen LogP contribution < -0.4 is 5.32 Å². The number of carbonyl (C=O) groups excluding carboxylic acids is 1. The summed E-state index contributed by atoms with van der Waals surface area (Å²) >= 11 is 2.09. The highest BCUT2D eigenvalue weighted by Crippen LogP contribution is 2.05. The fraction of sp³-hybridized carbons (Fsp3) is 0.625. The minimum atomic E-state index is -0.419. The molecule has 0 aromatic heterocycles. The van der Waals surface area contributed by atoms with Crippen molar-refractivity contribution >= 4 is 28.7 Å². The summed E-state index contributed by atoms with van der Waals surface area (Å²) in [6.07, 6.45) is 1.46. The fourth-order valence-electron chi connectivity index (χ4n) is 0.501. The van der Waals surface area contributed by atoms with Crippen molar-refractivity contribution in [2.75, 3.05) is 6.54 Å². The zero-order valence-electron chi connectivity index (χ0n) is 7.56. The molecule has 0 fully saturated rings. The minimum Gasteiger partial charge on any atom is -0.444 e. The van der Waals surface area contributed by atoms with Crippen molar-refractivity contribution in [3.05, 3.63) is 10.2 Å². The van der Waals surface area contributed by atoms with Crippen molar-refractivity contribution < 1.29 is 9.53 Å². The lowest BCUT2D eigenvalue weighted by Gasteiger charge is -2.19. The van der Waals surface area contributed by atoms with Gasteiger partial charge in [-0.3, -0.25) is 0 Å². The van der Waals surface area contributed by atoms with Gasteiger partial charge in [0.2, 0.25) is 0 Å². The van der Waals surface area contributed by atoms with Crippen LogP contribution in [0.15, 0.2) is 10.2 Å². The molecule has 0 aromatic carbocycles. The van der Waals surface area contributed by atoms with Gasteiger partial charge in [-0.1, -0.05) is 28.7 Å². The Morgan fingerprint density at radius 2 is 2.17 bits per heavy atom. The molecule has 0 unspecified atom stereocenters. The Hall–Kier alpha value is -0.260. The predicted octanol–water partition coefficient (Wildman–Crippen LogP) is 2.46. The van der Waals surface area contributed by atoms with Gasteiger partial charge in [-0.2, -0.15) is 0 Å². The van der Waals surface area contributed by atoms with E-state index in [1.165, 1.54) is 0 Å². The quantitative estimate of drug-likeness (QED) is 0.791. The average molecular weight is 283 g/mol. The maximum Gasteiger partial charge on any atom is 0.407 e. The van der Waals surface area contributed by atoms with Crippen LogP contribution in [0.4, 0.5) is 4.79 Å². The summed E-state index contributed by atoms with van der Waals surface area (Å²) in [4.78, 5) is 11.0. The Morgan fingerprint density at radius 1 is 1.58 bits per heavy atom. The van der Waals surface area contributed by atoms with Crippen molar-refractivity contribution in [3.8, 4) is 0 Å². The highest BCUT2D eigenvalue weighted by molar-refractivity contribution is 14.1. The van der Waals surface area contributed by atoms with Gasteiger partial charge in [0, 0.05) is 6.54 Å². The Kier molecular flexibility index (Phi) is 5.28. The summed E-state index contributed by atoms with van der Waals surface area (Å²) in [7, 11) is 0. The fourth-order valence-corrected chi connectivity index (χ4v) is 0.755. The number of alkyl carbamates (subject to hydrolysis) is 1. The summed E-state index contributed by atoms with van der Waals surface area (Å²) in [6.45, 7) is 6.01. The van der Waals surface area contributed by atoms with E-state index in [0.29, 0.717) is 6.54 Å². The highest BCUT2D eigenvalue weighted by Gasteiger charge is 2.14. The summed E-state index contributed by atoms with van der Waals surface area (Å²) < 4.78 is 6.84. The van der Waals surface area contributed by atoms with Gasteiger partial charge in [-0.25, -0.2) is 4.79 Å². The number of rotatable bonds is 2. The summed E-state index contributed by atoms with van der Waals surface area (Å²) in [5, 5.41) is 2.59. The van der Waals surface area contributed by atoms with Crippen molar-refractivity contribution in [3.63, 3.8) is 0 Å². The van der Waals surface area contributed by atoms with Crippen LogP contribution in [0, 0.1) is 0 Å². The third-order valence-corrected chi connectivity index (χ3v) is 1.36. The van der Waals surface area contributed by atoms with E-state index in [2.05, 4.69) is 27.9 Å². The molecule has 0 radical (unpaired) electrons. The Balaban J connectivity index is 3.61. The van der Waals surface area contributed by atoms with Crippen LogP contribution in [-0.4, -0.2) is 18.2 Å². The predicted molar refractivity (Wildman–Crippen MR) is 57.4 cm³/mol. The van der Waals surface area contributed by atoms with Crippen LogP contribution in [-0.2, 0) is 4.74 Å². The van der Waals surface area contributed by atoms with Gasteiger partial charge in [0.05, 0.1) is 0 Å². The van der Waals surface area contributed by atoms with E-state index in [9.17, 15) is 4.79 Å². The van der Waals surface area contributed by atoms with Crippen LogP contribution in [0.1, 0.15) is 20.8 Å². The van der Waals surface area contributed by atoms with Crippen LogP contribution in [0.3, 0.4) is 0 Å². The van der Waals surface area contributed by atoms with E-state index in [0.717, 1.165) is 0 Å². The molecule has 1 N–H and O–H groups in total. The second-order valence-electron chi connectivity index (χ2n) is 3.24. The molecular weight excluding hydrogens is 269 g/mol. The number of amides is 1. The van der Waals surface area contributed by atoms with Gasteiger partial charge in [0.25, 0.3) is 0 Å². The monoisotopic (exact) mass is 283 g/mol. The maximum atomic E-state index is 11.0. The number of nitrogens with one attached hydrogen (secondary N) is 1. The lowest BCUT2D eigenvalue weighted by molar-refractivity contribution is 0.0534. The molecule has 0 rings (SSSR count). The van der Waals surface area contributed by atoms with Gasteiger partial charge in [-0.15, -0.1) is 0 Å². The highest BCUT2D eigenvalue weighted by atomic mass is 127. The van der Waals surface area contributed by atoms with Gasteiger partial charge >= 0.3 is 6.09 Å². The maximum absolute atomic E-state index is 11.0. The van der Waals surface area contributed by atoms with Gasteiger partial charge in [0.15, 0.2) is 0 Å². The normalized spacial score (nSPS) is 11.7. The minimum absolute atomic E-state index is 0.378. The molecule has 0 atom stereocenters. The number of hydrogen-bond acceptors (Lipinski definition) is 2. The van der Waals surface area contributed by atoms with Crippen molar-refractivity contribution in [2.45, 2.75) is 26.4 Å². The van der Waals surface area contributed by atoms with Crippen LogP contribution in [0.2, 0.25) is 0 Å². The third-order valence-electron chi connectivity index (χ3n) is 0.852. The standard InChI is InChI=1S/C8H14INO2/c1-8(2,3)12-7(11)10-6-4-5-9/h4-5H,6H2,1-3H3,(H,10,11)/b5-4+. The van der Waals surface area contributed by atoms with Crippen LogP contribution >= 0.6 is 22.6 Å². The van der Waals surface area contributed by atoms with E-state index in [1.807, 2.05) is 30.9 Å². The average Bonchev–Trinajstić information content (AvgIpc) is 1.84. The van der Waals surface area contributed by atoms with Gasteiger partial charge in [-0.05, 0) is 24.9 Å². The molecule has 0 heterocycles. The number of ether oxygens (including phenoxy) is 1. The van der Waals surface area contributed by atoms with E-state index in [1.54, 1.807) is 0 Å². The Morgan fingerprint density at radius 3 is 2.58 bits per heavy atom. The number of carbonyl (C=O) groups is 1. The summed E-state index contributed by atoms with van der Waals surface area (Å²) in [5.41, 5.74) is -0.419. The lowest BCUT2D eigenvalue weighted by atomic mass is 10.2. The molecule has 4 heteroatoms. The lowest BCUT2D eigenvalue weighted by Crippen LogP contribution is -2.32. The second-order valence-corrected chi connectivity index (χ2v) is 3.96. The Bertz CT molecular complexity index is 172. The smallest absolute Gasteiger partial charge is 0.407 e. The summed E-state index contributed by atoms with van der Waals surface area (Å²) in [5.74, 6) is 0. The second kappa shape index (κ2) is 5.40. The van der Waals surface area contributed by atoms with E-state index in [4.69, 9.17) is 4.74 Å². The summed E-state index contributed by atoms with van der Waals surface area (Å²) in [6, 6.07) is 0. The SMILES string of the molecule is CC(C)(C)OC(=O)NC/C=C/I. The third kappa shape index (κ3) is 7.84. The molecule has 3 nitrogen and oxygen atoms in total.